The summed E-state index contributed by atoms with van der Waals surface area (Å²) >= 11 is 0. The zero-order valence-electron chi connectivity index (χ0n) is 12.0. The van der Waals surface area contributed by atoms with Gasteiger partial charge in [0, 0.05) is 13.1 Å². The maximum absolute atomic E-state index is 3.51. The highest BCUT2D eigenvalue weighted by atomic mass is 35.5. The summed E-state index contributed by atoms with van der Waals surface area (Å²) in [5.41, 5.74) is 5.47. The predicted molar refractivity (Wildman–Crippen MR) is 97.0 cm³/mol. The van der Waals surface area contributed by atoms with Crippen molar-refractivity contribution in [3.63, 3.8) is 0 Å². The molecule has 0 aliphatic heterocycles. The zero-order valence-corrected chi connectivity index (χ0v) is 14.4. The van der Waals surface area contributed by atoms with E-state index in [0.717, 1.165) is 52.1 Å². The topological polar surface area (TPSA) is 36.1 Å². The summed E-state index contributed by atoms with van der Waals surface area (Å²) in [5, 5.41) is 9.98. The van der Waals surface area contributed by atoms with E-state index in [0.29, 0.717) is 0 Å². The number of hydrogen-bond donors (Lipinski definition) is 3. The fourth-order valence-corrected chi connectivity index (χ4v) is 1.29. The van der Waals surface area contributed by atoms with Gasteiger partial charge in [0.25, 0.3) is 0 Å². The summed E-state index contributed by atoms with van der Waals surface area (Å²) in [4.78, 5) is 0. The van der Waals surface area contributed by atoms with Crippen LogP contribution >= 0.6 is 37.2 Å². The second kappa shape index (κ2) is 27.2. The van der Waals surface area contributed by atoms with Gasteiger partial charge in [-0.25, -0.2) is 0 Å². The predicted octanol–water partition coefficient (Wildman–Crippen LogP) is 2.48. The molecule has 6 heteroatoms. The van der Waals surface area contributed by atoms with Gasteiger partial charge in [-0.15, -0.1) is 48.7 Å². The molecule has 0 bridgehead atoms. The summed E-state index contributed by atoms with van der Waals surface area (Å²) in [7, 11) is 0. The van der Waals surface area contributed by atoms with Crippen molar-refractivity contribution < 1.29 is 0 Å². The zero-order chi connectivity index (χ0) is 12.6. The highest BCUT2D eigenvalue weighted by Gasteiger charge is 1.88. The van der Waals surface area contributed by atoms with E-state index in [1.54, 1.807) is 0 Å². The van der Waals surface area contributed by atoms with Crippen molar-refractivity contribution in [2.75, 3.05) is 39.3 Å². The van der Waals surface area contributed by atoms with E-state index in [2.05, 4.69) is 40.6 Å². The maximum Gasteiger partial charge on any atom is 0.0209 e. The average Bonchev–Trinajstić information content (AvgIpc) is 2.35. The Morgan fingerprint density at radius 3 is 1.35 bits per heavy atom. The summed E-state index contributed by atoms with van der Waals surface area (Å²) < 4.78 is 0. The molecule has 120 valence electrons. The molecule has 0 aliphatic carbocycles. The fourth-order valence-electron chi connectivity index (χ4n) is 1.29. The summed E-state index contributed by atoms with van der Waals surface area (Å²) in [6.45, 7) is 12.9. The van der Waals surface area contributed by atoms with E-state index >= 15 is 0 Å². The van der Waals surface area contributed by atoms with Crippen molar-refractivity contribution in [1.29, 1.82) is 0 Å². The van der Waals surface area contributed by atoms with Crippen LogP contribution in [0.25, 0.3) is 0 Å². The Kier molecular flexibility index (Phi) is 38.1. The molecule has 0 atom stereocenters. The molecule has 0 heterocycles. The van der Waals surface area contributed by atoms with Gasteiger partial charge in [0.2, 0.25) is 0 Å². The first-order valence-corrected chi connectivity index (χ1v) is 6.22. The average molecular weight is 345 g/mol. The minimum Gasteiger partial charge on any atom is -0.317 e. The third kappa shape index (κ3) is 26.4. The van der Waals surface area contributed by atoms with Crippen LogP contribution in [0.1, 0.15) is 12.8 Å². The van der Waals surface area contributed by atoms with Crippen LogP contribution in [0, 0.1) is 0 Å². The standard InChI is InChI=1S/C14H25N3.3ClH/c1-3-5-9-15-11-7-13-17-14-8-12-16-10-6-4-2;;;/h5-6,15-17H,1-2,7-14H2;3*1H. The van der Waals surface area contributed by atoms with E-state index in [9.17, 15) is 0 Å². The van der Waals surface area contributed by atoms with Gasteiger partial charge in [0.05, 0.1) is 0 Å². The molecule has 0 radical (unpaired) electrons. The van der Waals surface area contributed by atoms with Gasteiger partial charge in [0.1, 0.15) is 0 Å². The Bertz CT molecular complexity index is 234. The highest BCUT2D eigenvalue weighted by molar-refractivity contribution is 5.86. The van der Waals surface area contributed by atoms with Gasteiger partial charge in [-0.1, -0.05) is 13.2 Å². The summed E-state index contributed by atoms with van der Waals surface area (Å²) in [6, 6.07) is 0. The van der Waals surface area contributed by atoms with E-state index in [1.165, 1.54) is 0 Å². The van der Waals surface area contributed by atoms with E-state index in [1.807, 2.05) is 12.2 Å². The Morgan fingerprint density at radius 2 is 1.00 bits per heavy atom. The first-order valence-electron chi connectivity index (χ1n) is 6.22. The van der Waals surface area contributed by atoms with Crippen molar-refractivity contribution >= 4 is 37.2 Å². The molecule has 0 unspecified atom stereocenters. The molecule has 0 fully saturated rings. The van der Waals surface area contributed by atoms with Gasteiger partial charge in [0.15, 0.2) is 0 Å². The molecular formula is C14H28Cl3N3. The Balaban J connectivity index is -0.000000427. The fraction of sp³-hybridized carbons (Fsp3) is 0.571. The highest BCUT2D eigenvalue weighted by Crippen LogP contribution is 1.77. The van der Waals surface area contributed by atoms with E-state index in [-0.39, 0.29) is 37.2 Å². The summed E-state index contributed by atoms with van der Waals surface area (Å²) in [5.74, 6) is 0. The lowest BCUT2D eigenvalue weighted by Crippen LogP contribution is -2.25. The molecule has 0 spiro atoms. The molecule has 0 aliphatic rings. The number of hydrogen-bond acceptors (Lipinski definition) is 3. The Hall–Kier alpha value is -0.210. The van der Waals surface area contributed by atoms with Crippen molar-refractivity contribution in [2.24, 2.45) is 0 Å². The van der Waals surface area contributed by atoms with Crippen LogP contribution in [-0.4, -0.2) is 39.3 Å². The van der Waals surface area contributed by atoms with Gasteiger partial charge < -0.3 is 16.0 Å². The molecule has 3 nitrogen and oxygen atoms in total. The van der Waals surface area contributed by atoms with Crippen LogP contribution in [0.4, 0.5) is 0 Å². The molecule has 3 N–H and O–H groups in total. The number of nitrogens with one attached hydrogen (secondary N) is 3. The summed E-state index contributed by atoms with van der Waals surface area (Å²) in [6.07, 6.45) is 6.10. The number of halogens is 3. The minimum atomic E-state index is 0. The normalized spacial score (nSPS) is 8.00. The van der Waals surface area contributed by atoms with Gasteiger partial charge in [-0.3, -0.25) is 0 Å². The van der Waals surface area contributed by atoms with Crippen molar-refractivity contribution in [1.82, 2.24) is 16.0 Å². The van der Waals surface area contributed by atoms with Crippen molar-refractivity contribution in [3.8, 4) is 0 Å². The van der Waals surface area contributed by atoms with Crippen LogP contribution in [0.5, 0.6) is 0 Å². The third-order valence-electron chi connectivity index (χ3n) is 2.20. The second-order valence-electron chi connectivity index (χ2n) is 3.68. The molecule has 0 rings (SSSR count). The minimum absolute atomic E-state index is 0. The van der Waals surface area contributed by atoms with Gasteiger partial charge >= 0.3 is 0 Å². The second-order valence-corrected chi connectivity index (χ2v) is 3.68. The lowest BCUT2D eigenvalue weighted by Gasteiger charge is -2.05. The monoisotopic (exact) mass is 343 g/mol. The van der Waals surface area contributed by atoms with Gasteiger partial charge in [-0.05, 0) is 51.2 Å². The molecule has 20 heavy (non-hydrogen) atoms. The van der Waals surface area contributed by atoms with Crippen molar-refractivity contribution in [3.05, 3.63) is 36.8 Å². The van der Waals surface area contributed by atoms with Crippen LogP contribution in [-0.2, 0) is 0 Å². The van der Waals surface area contributed by atoms with Crippen LogP contribution in [0.2, 0.25) is 0 Å². The largest absolute Gasteiger partial charge is 0.317 e. The van der Waals surface area contributed by atoms with Crippen LogP contribution < -0.4 is 16.0 Å². The van der Waals surface area contributed by atoms with E-state index < -0.39 is 0 Å². The number of rotatable bonds is 12. The van der Waals surface area contributed by atoms with Gasteiger partial charge in [-0.2, -0.15) is 0 Å². The molecule has 0 aromatic carbocycles. The molecule has 0 aromatic rings. The Morgan fingerprint density at radius 1 is 0.650 bits per heavy atom. The smallest absolute Gasteiger partial charge is 0.0209 e. The lowest BCUT2D eigenvalue weighted by atomic mass is 10.3. The van der Waals surface area contributed by atoms with E-state index in [4.69, 9.17) is 0 Å². The quantitative estimate of drug-likeness (QED) is 0.376. The van der Waals surface area contributed by atoms with Crippen molar-refractivity contribution in [2.45, 2.75) is 12.8 Å². The van der Waals surface area contributed by atoms with Crippen LogP contribution in [0.3, 0.4) is 0 Å². The molecule has 0 saturated carbocycles. The molecule has 0 amide bonds. The first-order chi connectivity index (χ1) is 8.41. The first kappa shape index (κ1) is 28.0. The lowest BCUT2D eigenvalue weighted by molar-refractivity contribution is 0.583. The van der Waals surface area contributed by atoms with Crippen LogP contribution in [0.15, 0.2) is 36.8 Å². The SMILES string of the molecule is C=C=CCNCCCNCCCNCC=C=C.Cl.Cl.Cl. The third-order valence-corrected chi connectivity index (χ3v) is 2.20. The molecule has 0 saturated heterocycles. The molecular weight excluding hydrogens is 317 g/mol. The Labute approximate surface area is 142 Å². The maximum atomic E-state index is 3.51. The molecule has 0 aromatic heterocycles.